The Morgan fingerprint density at radius 3 is 2.30 bits per heavy atom. The van der Waals surface area contributed by atoms with E-state index in [-0.39, 0.29) is 23.3 Å². The van der Waals surface area contributed by atoms with Crippen molar-refractivity contribution in [2.75, 3.05) is 13.1 Å². The molecule has 2 rings (SSSR count). The zero-order valence-corrected chi connectivity index (χ0v) is 12.8. The van der Waals surface area contributed by atoms with Gasteiger partial charge in [-0.15, -0.1) is 0 Å². The Balaban J connectivity index is 1.87. The van der Waals surface area contributed by atoms with E-state index in [1.54, 1.807) is 23.1 Å². The summed E-state index contributed by atoms with van der Waals surface area (Å²) in [6.07, 6.45) is 5.12. The van der Waals surface area contributed by atoms with E-state index in [0.717, 1.165) is 18.4 Å². The molecule has 0 aliphatic carbocycles. The number of aromatic carboxylic acids is 1. The number of nitrogens with two attached hydrogens (primary N) is 1. The topological polar surface area (TPSA) is 101 Å². The van der Waals surface area contributed by atoms with Crippen LogP contribution in [0.25, 0.3) is 6.08 Å². The Kier molecular flexibility index (Phi) is 5.51. The zero-order chi connectivity index (χ0) is 16.8. The highest BCUT2D eigenvalue weighted by Crippen LogP contribution is 2.20. The van der Waals surface area contributed by atoms with Crippen LogP contribution in [0.4, 0.5) is 0 Å². The molecule has 6 nitrogen and oxygen atoms in total. The lowest BCUT2D eigenvalue weighted by molar-refractivity contribution is -0.127. The van der Waals surface area contributed by atoms with Gasteiger partial charge in [-0.25, -0.2) is 4.79 Å². The molecule has 6 heteroatoms. The molecule has 1 aromatic carbocycles. The Hall–Kier alpha value is -2.63. The molecule has 23 heavy (non-hydrogen) atoms. The average molecular weight is 316 g/mol. The zero-order valence-electron chi connectivity index (χ0n) is 12.8. The van der Waals surface area contributed by atoms with E-state index in [1.807, 2.05) is 0 Å². The van der Waals surface area contributed by atoms with Crippen LogP contribution in [0.3, 0.4) is 0 Å². The Morgan fingerprint density at radius 2 is 1.78 bits per heavy atom. The van der Waals surface area contributed by atoms with Crippen LogP contribution in [-0.2, 0) is 9.59 Å². The standard InChI is InChI=1S/C17H20N2O4/c18-15(20)11-13-7-9-19(10-8-13)16(21)6-3-12-1-4-14(5-2-12)17(22)23/h1-6,13H,7-11H2,(H2,18,20)(H,22,23). The number of carbonyl (C=O) groups is 3. The number of piperidine rings is 1. The molecule has 2 amide bonds. The lowest BCUT2D eigenvalue weighted by Crippen LogP contribution is -2.38. The molecule has 0 spiro atoms. The molecule has 1 saturated heterocycles. The van der Waals surface area contributed by atoms with Gasteiger partial charge in [-0.1, -0.05) is 12.1 Å². The van der Waals surface area contributed by atoms with E-state index in [0.29, 0.717) is 19.5 Å². The summed E-state index contributed by atoms with van der Waals surface area (Å²) in [5.41, 5.74) is 6.18. The number of carboxylic acids is 1. The molecule has 1 aliphatic heterocycles. The monoisotopic (exact) mass is 316 g/mol. The van der Waals surface area contributed by atoms with Gasteiger partial charge >= 0.3 is 5.97 Å². The van der Waals surface area contributed by atoms with Gasteiger partial charge in [0.05, 0.1) is 5.56 Å². The van der Waals surface area contributed by atoms with Crippen molar-refractivity contribution in [1.29, 1.82) is 0 Å². The first-order valence-corrected chi connectivity index (χ1v) is 7.54. The summed E-state index contributed by atoms with van der Waals surface area (Å²) in [7, 11) is 0. The second-order valence-corrected chi connectivity index (χ2v) is 5.70. The second-order valence-electron chi connectivity index (χ2n) is 5.70. The fourth-order valence-corrected chi connectivity index (χ4v) is 2.65. The Labute approximate surface area is 134 Å². The number of hydrogen-bond donors (Lipinski definition) is 2. The van der Waals surface area contributed by atoms with Gasteiger partial charge in [0.25, 0.3) is 0 Å². The molecule has 3 N–H and O–H groups in total. The van der Waals surface area contributed by atoms with Crippen LogP contribution in [0.5, 0.6) is 0 Å². The van der Waals surface area contributed by atoms with Crippen molar-refractivity contribution in [3.05, 3.63) is 41.5 Å². The molecular formula is C17H20N2O4. The Morgan fingerprint density at radius 1 is 1.17 bits per heavy atom. The van der Waals surface area contributed by atoms with Crippen molar-refractivity contribution < 1.29 is 19.5 Å². The molecule has 1 aliphatic rings. The van der Waals surface area contributed by atoms with Crippen LogP contribution in [0.2, 0.25) is 0 Å². The number of rotatable bonds is 5. The van der Waals surface area contributed by atoms with Crippen LogP contribution in [-0.4, -0.2) is 40.9 Å². The molecule has 1 aromatic rings. The highest BCUT2D eigenvalue weighted by atomic mass is 16.4. The van der Waals surface area contributed by atoms with Crippen LogP contribution in [0, 0.1) is 5.92 Å². The molecule has 0 unspecified atom stereocenters. The number of hydrogen-bond acceptors (Lipinski definition) is 3. The van der Waals surface area contributed by atoms with Crippen LogP contribution in [0.15, 0.2) is 30.3 Å². The summed E-state index contributed by atoms with van der Waals surface area (Å²) >= 11 is 0. The van der Waals surface area contributed by atoms with Gasteiger partial charge < -0.3 is 15.7 Å². The van der Waals surface area contributed by atoms with Gasteiger partial charge in [0.15, 0.2) is 0 Å². The van der Waals surface area contributed by atoms with Gasteiger partial charge in [0.2, 0.25) is 11.8 Å². The number of primary amides is 1. The number of likely N-dealkylation sites (tertiary alicyclic amines) is 1. The van der Waals surface area contributed by atoms with Gasteiger partial charge in [-0.3, -0.25) is 9.59 Å². The average Bonchev–Trinajstić information content (AvgIpc) is 2.53. The minimum absolute atomic E-state index is 0.0789. The van der Waals surface area contributed by atoms with Gasteiger partial charge in [-0.2, -0.15) is 0 Å². The summed E-state index contributed by atoms with van der Waals surface area (Å²) in [5, 5.41) is 8.83. The lowest BCUT2D eigenvalue weighted by atomic mass is 9.93. The quantitative estimate of drug-likeness (QED) is 0.804. The first kappa shape index (κ1) is 16.7. The fourth-order valence-electron chi connectivity index (χ4n) is 2.65. The molecular weight excluding hydrogens is 296 g/mol. The smallest absolute Gasteiger partial charge is 0.335 e. The van der Waals surface area contributed by atoms with Crippen LogP contribution >= 0.6 is 0 Å². The lowest BCUT2D eigenvalue weighted by Gasteiger charge is -2.30. The maximum Gasteiger partial charge on any atom is 0.335 e. The summed E-state index contributed by atoms with van der Waals surface area (Å²) in [5.74, 6) is -1.08. The number of benzene rings is 1. The molecule has 1 heterocycles. The molecule has 122 valence electrons. The molecule has 0 saturated carbocycles. The third-order valence-corrected chi connectivity index (χ3v) is 3.99. The third-order valence-electron chi connectivity index (χ3n) is 3.99. The summed E-state index contributed by atoms with van der Waals surface area (Å²) in [4.78, 5) is 35.6. The number of nitrogens with zero attached hydrogens (tertiary/aromatic N) is 1. The van der Waals surface area contributed by atoms with E-state index in [9.17, 15) is 14.4 Å². The number of carbonyl (C=O) groups excluding carboxylic acids is 2. The predicted molar refractivity (Wildman–Crippen MR) is 85.6 cm³/mol. The first-order chi connectivity index (χ1) is 11.0. The molecule has 0 atom stereocenters. The van der Waals surface area contributed by atoms with Crippen LogP contribution in [0.1, 0.15) is 35.2 Å². The maximum absolute atomic E-state index is 12.1. The van der Waals surface area contributed by atoms with Crippen molar-refractivity contribution in [3.63, 3.8) is 0 Å². The third kappa shape index (κ3) is 4.95. The minimum Gasteiger partial charge on any atom is -0.478 e. The van der Waals surface area contributed by atoms with Crippen LogP contribution < -0.4 is 5.73 Å². The van der Waals surface area contributed by atoms with Crippen molar-refractivity contribution in [1.82, 2.24) is 4.90 Å². The van der Waals surface area contributed by atoms with Gasteiger partial charge in [-0.05, 0) is 42.5 Å². The van der Waals surface area contributed by atoms with E-state index >= 15 is 0 Å². The number of carboxylic acid groups (broad SMARTS) is 1. The fraction of sp³-hybridized carbons (Fsp3) is 0.353. The largest absolute Gasteiger partial charge is 0.478 e. The second kappa shape index (κ2) is 7.58. The highest BCUT2D eigenvalue weighted by Gasteiger charge is 2.22. The van der Waals surface area contributed by atoms with E-state index in [1.165, 1.54) is 18.2 Å². The van der Waals surface area contributed by atoms with Crippen molar-refractivity contribution in [3.8, 4) is 0 Å². The van der Waals surface area contributed by atoms with E-state index in [2.05, 4.69) is 0 Å². The summed E-state index contributed by atoms with van der Waals surface area (Å²) < 4.78 is 0. The van der Waals surface area contributed by atoms with Crippen molar-refractivity contribution >= 4 is 23.9 Å². The molecule has 0 aromatic heterocycles. The SMILES string of the molecule is NC(=O)CC1CCN(C(=O)C=Cc2ccc(C(=O)O)cc2)CC1. The number of amides is 2. The van der Waals surface area contributed by atoms with Gasteiger partial charge in [0, 0.05) is 25.6 Å². The normalized spacial score (nSPS) is 15.7. The van der Waals surface area contributed by atoms with Crippen molar-refractivity contribution in [2.24, 2.45) is 11.7 Å². The first-order valence-electron chi connectivity index (χ1n) is 7.54. The molecule has 1 fully saturated rings. The molecule has 0 bridgehead atoms. The summed E-state index contributed by atoms with van der Waals surface area (Å²) in [6, 6.07) is 6.32. The van der Waals surface area contributed by atoms with E-state index < -0.39 is 5.97 Å². The van der Waals surface area contributed by atoms with Crippen molar-refractivity contribution in [2.45, 2.75) is 19.3 Å². The predicted octanol–water partition coefficient (Wildman–Crippen LogP) is 1.51. The Bertz CT molecular complexity index is 614. The summed E-state index contributed by atoms with van der Waals surface area (Å²) in [6.45, 7) is 1.25. The van der Waals surface area contributed by atoms with E-state index in [4.69, 9.17) is 10.8 Å². The maximum atomic E-state index is 12.1. The highest BCUT2D eigenvalue weighted by molar-refractivity contribution is 5.92. The molecule has 0 radical (unpaired) electrons. The minimum atomic E-state index is -0.976. The van der Waals surface area contributed by atoms with Gasteiger partial charge in [0.1, 0.15) is 0 Å².